The van der Waals surface area contributed by atoms with Gasteiger partial charge in [0.1, 0.15) is 13.2 Å². The number of rotatable bonds is 2. The lowest BCUT2D eigenvalue weighted by Crippen LogP contribution is -2.17. The largest absolute Gasteiger partial charge is 0.486 e. The Labute approximate surface area is 104 Å². The molecule has 1 aromatic carbocycles. The Morgan fingerprint density at radius 2 is 2.00 bits per heavy atom. The van der Waals surface area contributed by atoms with E-state index in [0.29, 0.717) is 30.7 Å². The number of aromatic nitrogens is 2. The van der Waals surface area contributed by atoms with Gasteiger partial charge in [-0.3, -0.25) is 0 Å². The minimum absolute atomic E-state index is 0.432. The van der Waals surface area contributed by atoms with Gasteiger partial charge in [-0.1, -0.05) is 11.2 Å². The minimum atomic E-state index is -0.432. The molecule has 2 N–H and O–H groups in total. The number of nitrogens with two attached hydrogens (primary N) is 1. The lowest BCUT2D eigenvalue weighted by molar-refractivity contribution is 0.171. The number of ether oxygens (including phenoxy) is 2. The number of benzene rings is 1. The van der Waals surface area contributed by atoms with Crippen molar-refractivity contribution in [3.05, 3.63) is 35.5 Å². The monoisotopic (exact) mass is 247 g/mol. The molecule has 0 bridgehead atoms. The highest BCUT2D eigenvalue weighted by atomic mass is 16.6. The summed E-state index contributed by atoms with van der Waals surface area (Å²) in [6, 6.07) is 5.14. The van der Waals surface area contributed by atoms with Crippen LogP contribution in [0.15, 0.2) is 22.7 Å². The van der Waals surface area contributed by atoms with E-state index in [-0.39, 0.29) is 0 Å². The minimum Gasteiger partial charge on any atom is -0.486 e. The molecule has 0 fully saturated rings. The Morgan fingerprint density at radius 3 is 2.72 bits per heavy atom. The van der Waals surface area contributed by atoms with E-state index in [0.717, 1.165) is 11.3 Å². The van der Waals surface area contributed by atoms with Crippen molar-refractivity contribution < 1.29 is 14.0 Å². The van der Waals surface area contributed by atoms with Gasteiger partial charge < -0.3 is 19.7 Å². The fourth-order valence-corrected chi connectivity index (χ4v) is 1.84. The van der Waals surface area contributed by atoms with Gasteiger partial charge in [0.15, 0.2) is 17.3 Å². The SMILES string of the molecule is Cc1nc([C@@H](N)c2ccc3c(c2)OCCO3)no1. The topological polar surface area (TPSA) is 83.4 Å². The van der Waals surface area contributed by atoms with E-state index in [9.17, 15) is 0 Å². The first kappa shape index (κ1) is 11.0. The van der Waals surface area contributed by atoms with Gasteiger partial charge in [-0.25, -0.2) is 0 Å². The number of fused-ring (bicyclic) bond motifs is 1. The molecule has 0 radical (unpaired) electrons. The third-order valence-electron chi connectivity index (χ3n) is 2.75. The van der Waals surface area contributed by atoms with Crippen molar-refractivity contribution >= 4 is 0 Å². The lowest BCUT2D eigenvalue weighted by Gasteiger charge is -2.19. The zero-order valence-electron chi connectivity index (χ0n) is 9.92. The maximum atomic E-state index is 6.08. The molecule has 6 nitrogen and oxygen atoms in total. The van der Waals surface area contributed by atoms with Gasteiger partial charge in [-0.2, -0.15) is 4.98 Å². The highest BCUT2D eigenvalue weighted by molar-refractivity contribution is 5.45. The fourth-order valence-electron chi connectivity index (χ4n) is 1.84. The van der Waals surface area contributed by atoms with Crippen LogP contribution in [0.25, 0.3) is 0 Å². The van der Waals surface area contributed by atoms with Crippen LogP contribution >= 0.6 is 0 Å². The van der Waals surface area contributed by atoms with Crippen LogP contribution in [0.4, 0.5) is 0 Å². The first-order valence-corrected chi connectivity index (χ1v) is 5.69. The van der Waals surface area contributed by atoms with E-state index in [2.05, 4.69) is 10.1 Å². The molecule has 0 spiro atoms. The van der Waals surface area contributed by atoms with Crippen LogP contribution in [-0.2, 0) is 0 Å². The van der Waals surface area contributed by atoms with E-state index in [1.807, 2.05) is 18.2 Å². The van der Waals surface area contributed by atoms with Gasteiger partial charge in [0.2, 0.25) is 5.89 Å². The van der Waals surface area contributed by atoms with Crippen molar-refractivity contribution in [3.8, 4) is 11.5 Å². The summed E-state index contributed by atoms with van der Waals surface area (Å²) in [6.07, 6.45) is 0. The molecule has 0 amide bonds. The Bertz CT molecular complexity index is 567. The third-order valence-corrected chi connectivity index (χ3v) is 2.75. The molecular formula is C12H13N3O3. The summed E-state index contributed by atoms with van der Waals surface area (Å²) in [5, 5.41) is 3.82. The van der Waals surface area contributed by atoms with E-state index in [1.54, 1.807) is 6.92 Å². The summed E-state index contributed by atoms with van der Waals surface area (Å²) in [4.78, 5) is 4.12. The first-order valence-electron chi connectivity index (χ1n) is 5.69. The molecule has 1 atom stereocenters. The Balaban J connectivity index is 1.92. The van der Waals surface area contributed by atoms with Gasteiger partial charge >= 0.3 is 0 Å². The van der Waals surface area contributed by atoms with Gasteiger partial charge in [-0.15, -0.1) is 0 Å². The predicted octanol–water partition coefficient (Wildman–Crippen LogP) is 1.20. The molecule has 0 saturated heterocycles. The average molecular weight is 247 g/mol. The van der Waals surface area contributed by atoms with Crippen LogP contribution in [0.5, 0.6) is 11.5 Å². The zero-order valence-corrected chi connectivity index (χ0v) is 9.92. The molecule has 0 aliphatic carbocycles. The van der Waals surface area contributed by atoms with Crippen molar-refractivity contribution in [3.63, 3.8) is 0 Å². The highest BCUT2D eigenvalue weighted by Gasteiger charge is 2.18. The van der Waals surface area contributed by atoms with Crippen LogP contribution in [0.1, 0.15) is 23.3 Å². The van der Waals surface area contributed by atoms with E-state index >= 15 is 0 Å². The fraction of sp³-hybridized carbons (Fsp3) is 0.333. The first-order chi connectivity index (χ1) is 8.74. The maximum absolute atomic E-state index is 6.08. The quantitative estimate of drug-likeness (QED) is 0.858. The normalized spacial score (nSPS) is 15.4. The summed E-state index contributed by atoms with van der Waals surface area (Å²) < 4.78 is 15.9. The van der Waals surface area contributed by atoms with E-state index in [4.69, 9.17) is 19.7 Å². The van der Waals surface area contributed by atoms with E-state index < -0.39 is 6.04 Å². The predicted molar refractivity (Wildman–Crippen MR) is 62.5 cm³/mol. The molecule has 6 heteroatoms. The van der Waals surface area contributed by atoms with Crippen LogP contribution in [-0.4, -0.2) is 23.4 Å². The second kappa shape index (κ2) is 4.30. The third kappa shape index (κ3) is 1.91. The number of hydrogen-bond acceptors (Lipinski definition) is 6. The molecule has 3 rings (SSSR count). The van der Waals surface area contributed by atoms with Crippen LogP contribution in [0.2, 0.25) is 0 Å². The molecule has 0 saturated carbocycles. The second-order valence-corrected chi connectivity index (χ2v) is 4.05. The van der Waals surface area contributed by atoms with Crippen LogP contribution in [0.3, 0.4) is 0 Å². The second-order valence-electron chi connectivity index (χ2n) is 4.05. The molecule has 2 heterocycles. The van der Waals surface area contributed by atoms with Crippen LogP contribution < -0.4 is 15.2 Å². The van der Waals surface area contributed by atoms with Gasteiger partial charge in [-0.05, 0) is 17.7 Å². The van der Waals surface area contributed by atoms with Crippen molar-refractivity contribution in [1.29, 1.82) is 0 Å². The number of nitrogens with zero attached hydrogens (tertiary/aromatic N) is 2. The molecule has 2 aromatic rings. The summed E-state index contributed by atoms with van der Waals surface area (Å²) in [5.41, 5.74) is 6.94. The van der Waals surface area contributed by atoms with Crippen molar-refractivity contribution in [2.75, 3.05) is 13.2 Å². The summed E-state index contributed by atoms with van der Waals surface area (Å²) in [7, 11) is 0. The lowest BCUT2D eigenvalue weighted by atomic mass is 10.1. The smallest absolute Gasteiger partial charge is 0.223 e. The summed E-state index contributed by atoms with van der Waals surface area (Å²) in [6.45, 7) is 2.85. The molecule has 1 aliphatic heterocycles. The highest BCUT2D eigenvalue weighted by Crippen LogP contribution is 2.33. The van der Waals surface area contributed by atoms with Gasteiger partial charge in [0.05, 0.1) is 6.04 Å². The Morgan fingerprint density at radius 1 is 1.22 bits per heavy atom. The number of hydrogen-bond donors (Lipinski definition) is 1. The Kier molecular flexibility index (Phi) is 2.64. The summed E-state index contributed by atoms with van der Waals surface area (Å²) >= 11 is 0. The maximum Gasteiger partial charge on any atom is 0.223 e. The van der Waals surface area contributed by atoms with Crippen LogP contribution in [0, 0.1) is 6.92 Å². The standard InChI is InChI=1S/C12H13N3O3/c1-7-14-12(15-18-7)11(13)8-2-3-9-10(6-8)17-5-4-16-9/h2-3,6,11H,4-5,13H2,1H3/t11-/m0/s1. The summed E-state index contributed by atoms with van der Waals surface area (Å²) in [5.74, 6) is 2.40. The molecule has 18 heavy (non-hydrogen) atoms. The van der Waals surface area contributed by atoms with Gasteiger partial charge in [0.25, 0.3) is 0 Å². The van der Waals surface area contributed by atoms with Crippen molar-refractivity contribution in [2.45, 2.75) is 13.0 Å². The zero-order chi connectivity index (χ0) is 12.5. The molecule has 1 aromatic heterocycles. The van der Waals surface area contributed by atoms with Crippen molar-refractivity contribution in [2.24, 2.45) is 5.73 Å². The molecule has 94 valence electrons. The van der Waals surface area contributed by atoms with Crippen molar-refractivity contribution in [1.82, 2.24) is 10.1 Å². The average Bonchev–Trinajstić information content (AvgIpc) is 2.84. The van der Waals surface area contributed by atoms with Gasteiger partial charge in [0, 0.05) is 6.92 Å². The molecular weight excluding hydrogens is 234 g/mol. The Hall–Kier alpha value is -2.08. The van der Waals surface area contributed by atoms with E-state index in [1.165, 1.54) is 0 Å². The number of aryl methyl sites for hydroxylation is 1. The molecule has 0 unspecified atom stereocenters. The molecule has 1 aliphatic rings.